The lowest BCUT2D eigenvalue weighted by Gasteiger charge is -2.12. The molecule has 0 aliphatic rings. The molecule has 3 heteroatoms. The minimum atomic E-state index is 0.787. The summed E-state index contributed by atoms with van der Waals surface area (Å²) in [7, 11) is 0. The maximum atomic E-state index is 6.29. The number of hydrogen-bond donors (Lipinski definition) is 0. The normalized spacial score (nSPS) is 11.0. The third-order valence-corrected chi connectivity index (χ3v) is 11.0. The van der Waals surface area contributed by atoms with E-state index < -0.39 is 0 Å². The van der Waals surface area contributed by atoms with Crippen LogP contribution in [0.2, 0.25) is 0 Å². The van der Waals surface area contributed by atoms with E-state index in [1.807, 2.05) is 48.5 Å². The number of hydrogen-bond acceptors (Lipinski definition) is 3. The zero-order chi connectivity index (χ0) is 40.8. The van der Waals surface area contributed by atoms with Gasteiger partial charge >= 0.3 is 0 Å². The molecule has 10 aromatic rings. The van der Waals surface area contributed by atoms with Gasteiger partial charge in [0.1, 0.15) is 11.5 Å². The van der Waals surface area contributed by atoms with Crippen LogP contribution < -0.4 is 4.74 Å². The van der Waals surface area contributed by atoms with Crippen LogP contribution in [0.3, 0.4) is 0 Å². The van der Waals surface area contributed by atoms with Crippen LogP contribution in [0.15, 0.2) is 243 Å². The number of rotatable bonds is 10. The zero-order valence-electron chi connectivity index (χ0n) is 33.4. The molecule has 61 heavy (non-hydrogen) atoms. The van der Waals surface area contributed by atoms with Crippen LogP contribution in [-0.4, -0.2) is 9.97 Å². The summed E-state index contributed by atoms with van der Waals surface area (Å²) in [5, 5.41) is 0. The summed E-state index contributed by atoms with van der Waals surface area (Å²) in [5.74, 6) is 1.58. The Labute approximate surface area is 356 Å². The van der Waals surface area contributed by atoms with Gasteiger partial charge in [-0.3, -0.25) is 0 Å². The molecule has 0 radical (unpaired) electrons. The third-order valence-electron chi connectivity index (χ3n) is 11.0. The van der Waals surface area contributed by atoms with Crippen LogP contribution in [0.25, 0.3) is 89.5 Å². The molecule has 0 N–H and O–H groups in total. The van der Waals surface area contributed by atoms with Gasteiger partial charge in [0.05, 0.1) is 22.8 Å². The lowest BCUT2D eigenvalue weighted by molar-refractivity contribution is 0.483. The van der Waals surface area contributed by atoms with Crippen molar-refractivity contribution in [2.24, 2.45) is 0 Å². The predicted molar refractivity (Wildman–Crippen MR) is 252 cm³/mol. The minimum Gasteiger partial charge on any atom is -0.457 e. The van der Waals surface area contributed by atoms with Crippen molar-refractivity contribution in [3.8, 4) is 101 Å². The molecule has 0 bridgehead atoms. The van der Waals surface area contributed by atoms with E-state index in [0.717, 1.165) is 95.5 Å². The van der Waals surface area contributed by atoms with Crippen LogP contribution in [0.1, 0.15) is 0 Å². The summed E-state index contributed by atoms with van der Waals surface area (Å²) in [6.07, 6.45) is 0. The Kier molecular flexibility index (Phi) is 10.3. The maximum Gasteiger partial charge on any atom is 0.127 e. The number of nitrogens with zero attached hydrogens (tertiary/aromatic N) is 2. The molecule has 8 aromatic carbocycles. The largest absolute Gasteiger partial charge is 0.457 e. The maximum absolute atomic E-state index is 6.29. The van der Waals surface area contributed by atoms with Crippen molar-refractivity contribution in [3.05, 3.63) is 243 Å². The van der Waals surface area contributed by atoms with Gasteiger partial charge < -0.3 is 4.74 Å². The summed E-state index contributed by atoms with van der Waals surface area (Å²) in [6, 6.07) is 84.2. The molecule has 2 heterocycles. The second-order valence-corrected chi connectivity index (χ2v) is 15.0. The molecule has 0 atom stereocenters. The van der Waals surface area contributed by atoms with E-state index in [0.29, 0.717) is 0 Å². The van der Waals surface area contributed by atoms with Crippen LogP contribution >= 0.6 is 0 Å². The summed E-state index contributed by atoms with van der Waals surface area (Å²) >= 11 is 0. The van der Waals surface area contributed by atoms with E-state index >= 15 is 0 Å². The van der Waals surface area contributed by atoms with Crippen molar-refractivity contribution in [1.29, 1.82) is 0 Å². The smallest absolute Gasteiger partial charge is 0.127 e. The first-order chi connectivity index (χ1) is 30.2. The Morgan fingerprint density at radius 3 is 0.721 bits per heavy atom. The van der Waals surface area contributed by atoms with Gasteiger partial charge in [-0.05, 0) is 93.0 Å². The van der Waals surface area contributed by atoms with Gasteiger partial charge in [-0.25, -0.2) is 9.97 Å². The molecule has 3 nitrogen and oxygen atoms in total. The van der Waals surface area contributed by atoms with Crippen molar-refractivity contribution >= 4 is 0 Å². The van der Waals surface area contributed by atoms with Gasteiger partial charge in [-0.1, -0.05) is 194 Å². The van der Waals surface area contributed by atoms with E-state index in [-0.39, 0.29) is 0 Å². The first kappa shape index (κ1) is 37.2. The number of ether oxygens (including phenoxy) is 1. The predicted octanol–water partition coefficient (Wildman–Crippen LogP) is 15.6. The molecule has 0 aliphatic heterocycles. The monoisotopic (exact) mass is 780 g/mol. The fraction of sp³-hybridized carbons (Fsp3) is 0. The van der Waals surface area contributed by atoms with Gasteiger partial charge in [0.15, 0.2) is 0 Å². The van der Waals surface area contributed by atoms with Gasteiger partial charge in [0.25, 0.3) is 0 Å². The SMILES string of the molecule is c1ccc(-c2cc(-c3ccccc3)nc(-c3ccc(-c4ccc(Oc5ccc(-c6ccc(-c7cc(-c8ccccc8)nc(-c8ccccc8)c7)cc6)cc5)cc4)cc3)c2)cc1. The molecule has 0 fully saturated rings. The van der Waals surface area contributed by atoms with Gasteiger partial charge in [-0.2, -0.15) is 0 Å². The van der Waals surface area contributed by atoms with E-state index in [4.69, 9.17) is 14.7 Å². The van der Waals surface area contributed by atoms with E-state index in [9.17, 15) is 0 Å². The van der Waals surface area contributed by atoms with Crippen molar-refractivity contribution in [2.45, 2.75) is 0 Å². The highest BCUT2D eigenvalue weighted by molar-refractivity contribution is 5.80. The highest BCUT2D eigenvalue weighted by Crippen LogP contribution is 2.35. The Morgan fingerprint density at radius 2 is 0.410 bits per heavy atom. The van der Waals surface area contributed by atoms with Crippen molar-refractivity contribution < 1.29 is 4.74 Å². The fourth-order valence-corrected chi connectivity index (χ4v) is 7.70. The molecule has 0 saturated carbocycles. The number of aromatic nitrogens is 2. The summed E-state index contributed by atoms with van der Waals surface area (Å²) in [6.45, 7) is 0. The lowest BCUT2D eigenvalue weighted by atomic mass is 9.97. The zero-order valence-corrected chi connectivity index (χ0v) is 33.4. The second-order valence-electron chi connectivity index (χ2n) is 15.0. The van der Waals surface area contributed by atoms with Crippen LogP contribution in [0.4, 0.5) is 0 Å². The molecule has 0 saturated heterocycles. The van der Waals surface area contributed by atoms with Crippen LogP contribution in [0, 0.1) is 0 Å². The number of benzene rings is 8. The standard InChI is InChI=1S/C58H40N2O/c1-5-13-41(14-6-1)51-37-55(47-15-7-2-8-16-47)60-58(38-51)50-27-25-43(26-28-50)45-31-35-54(36-32-45)61-53-33-29-44(30-34-53)42-21-23-46(24-22-42)52-39-56(48-17-9-3-10-18-48)59-57(40-52)49-19-11-4-12-20-49/h1-40H. The highest BCUT2D eigenvalue weighted by atomic mass is 16.5. The topological polar surface area (TPSA) is 35.0 Å². The Hall–Kier alpha value is -8.14. The van der Waals surface area contributed by atoms with Gasteiger partial charge in [0, 0.05) is 22.3 Å². The minimum absolute atomic E-state index is 0.787. The highest BCUT2D eigenvalue weighted by Gasteiger charge is 2.12. The molecule has 10 rings (SSSR count). The number of pyridine rings is 2. The first-order valence-electron chi connectivity index (χ1n) is 20.5. The summed E-state index contributed by atoms with van der Waals surface area (Å²) in [4.78, 5) is 10.1. The molecular weight excluding hydrogens is 741 g/mol. The Bertz CT molecular complexity index is 2700. The first-order valence-corrected chi connectivity index (χ1v) is 20.5. The Morgan fingerprint density at radius 1 is 0.197 bits per heavy atom. The summed E-state index contributed by atoms with van der Waals surface area (Å²) in [5.41, 5.74) is 17.3. The van der Waals surface area contributed by atoms with Crippen LogP contribution in [-0.2, 0) is 0 Å². The van der Waals surface area contributed by atoms with Crippen molar-refractivity contribution in [3.63, 3.8) is 0 Å². The molecular formula is C58H40N2O. The molecule has 0 unspecified atom stereocenters. The van der Waals surface area contributed by atoms with E-state index in [2.05, 4.69) is 194 Å². The fourth-order valence-electron chi connectivity index (χ4n) is 7.70. The molecule has 2 aromatic heterocycles. The van der Waals surface area contributed by atoms with E-state index in [1.54, 1.807) is 0 Å². The molecule has 0 amide bonds. The van der Waals surface area contributed by atoms with Crippen molar-refractivity contribution in [2.75, 3.05) is 0 Å². The van der Waals surface area contributed by atoms with E-state index in [1.165, 1.54) is 5.56 Å². The van der Waals surface area contributed by atoms with Crippen LogP contribution in [0.5, 0.6) is 11.5 Å². The molecule has 0 spiro atoms. The molecule has 0 aliphatic carbocycles. The lowest BCUT2D eigenvalue weighted by Crippen LogP contribution is -1.91. The quantitative estimate of drug-likeness (QED) is 0.139. The third kappa shape index (κ3) is 8.40. The van der Waals surface area contributed by atoms with Gasteiger partial charge in [0.2, 0.25) is 0 Å². The molecule has 288 valence electrons. The average Bonchev–Trinajstić information content (AvgIpc) is 3.35. The van der Waals surface area contributed by atoms with Crippen molar-refractivity contribution in [1.82, 2.24) is 9.97 Å². The second kappa shape index (κ2) is 17.0. The average molecular weight is 781 g/mol. The Balaban J connectivity index is 0.827. The van der Waals surface area contributed by atoms with Gasteiger partial charge in [-0.15, -0.1) is 0 Å². The summed E-state index contributed by atoms with van der Waals surface area (Å²) < 4.78 is 6.29.